The predicted molar refractivity (Wildman–Crippen MR) is 165 cm³/mol. The van der Waals surface area contributed by atoms with Gasteiger partial charge in [-0.05, 0) is 102 Å². The van der Waals surface area contributed by atoms with Crippen LogP contribution in [0.25, 0.3) is 66.4 Å². The van der Waals surface area contributed by atoms with E-state index in [0.29, 0.717) is 0 Å². The number of hydrogen-bond acceptors (Lipinski definition) is 2. The van der Waals surface area contributed by atoms with E-state index in [1.165, 1.54) is 49.7 Å². The van der Waals surface area contributed by atoms with Gasteiger partial charge in [0.25, 0.3) is 0 Å². The van der Waals surface area contributed by atoms with Gasteiger partial charge in [0.2, 0.25) is 0 Å². The smallest absolute Gasteiger partial charge is 0.118 e. The van der Waals surface area contributed by atoms with Gasteiger partial charge >= 0.3 is 0 Å². The first-order valence-corrected chi connectivity index (χ1v) is 13.8. The molecule has 0 bridgehead atoms. The van der Waals surface area contributed by atoms with Crippen molar-refractivity contribution >= 4 is 26.7 Å². The Labute approximate surface area is 236 Å². The third-order valence-corrected chi connectivity index (χ3v) is 8.23. The Hall–Kier alpha value is -4.18. The van der Waals surface area contributed by atoms with Crippen molar-refractivity contribution in [2.75, 3.05) is 7.11 Å². The third kappa shape index (κ3) is 3.89. The molecular weight excluding hydrogens is 544 g/mol. The van der Waals surface area contributed by atoms with Gasteiger partial charge in [0.1, 0.15) is 5.75 Å². The lowest BCUT2D eigenvalue weighted by Gasteiger charge is -2.21. The lowest BCUT2D eigenvalue weighted by molar-refractivity contribution is 0.282. The molecule has 0 atom stereocenters. The second kappa shape index (κ2) is 9.53. The van der Waals surface area contributed by atoms with Crippen molar-refractivity contribution in [3.8, 4) is 61.4 Å². The summed E-state index contributed by atoms with van der Waals surface area (Å²) < 4.78 is 6.54. The molecule has 0 spiro atoms. The molecule has 0 saturated carbocycles. The number of methoxy groups -OCH3 is 1. The number of aliphatic hydroxyl groups excluding tert-OH is 1. The number of rotatable bonds is 5. The fourth-order valence-corrected chi connectivity index (χ4v) is 6.35. The average Bonchev–Trinajstić information content (AvgIpc) is 3.33. The van der Waals surface area contributed by atoms with E-state index in [4.69, 9.17) is 4.74 Å². The molecule has 0 aromatic heterocycles. The Balaban J connectivity index is 1.65. The number of hydrogen-bond donors (Lipinski definition) is 1. The molecule has 2 nitrogen and oxygen atoms in total. The standard InChI is InChI=1S/C36H25BrO2/c1-39-28-17-15-25(16-18-28)34-32(26-7-2-8-27(37)19-26)20-31(23-13-11-22(21-38)12-14-23)35-29-9-3-5-24-6-4-10-30(33(24)29)36(34)35/h2-20,38H,21H2,1H3. The van der Waals surface area contributed by atoms with Crippen molar-refractivity contribution in [2.24, 2.45) is 0 Å². The average molecular weight is 569 g/mol. The molecule has 0 saturated heterocycles. The van der Waals surface area contributed by atoms with E-state index in [2.05, 4.69) is 107 Å². The van der Waals surface area contributed by atoms with Gasteiger partial charge in [0.05, 0.1) is 13.7 Å². The topological polar surface area (TPSA) is 29.5 Å². The summed E-state index contributed by atoms with van der Waals surface area (Å²) in [5, 5.41) is 12.2. The molecule has 39 heavy (non-hydrogen) atoms. The van der Waals surface area contributed by atoms with Crippen LogP contribution in [0.4, 0.5) is 0 Å². The van der Waals surface area contributed by atoms with Gasteiger partial charge in [-0.3, -0.25) is 0 Å². The van der Waals surface area contributed by atoms with Crippen LogP contribution in [0.1, 0.15) is 5.56 Å². The molecule has 1 N–H and O–H groups in total. The van der Waals surface area contributed by atoms with Crippen LogP contribution in [-0.4, -0.2) is 12.2 Å². The van der Waals surface area contributed by atoms with Gasteiger partial charge in [-0.1, -0.05) is 101 Å². The molecule has 3 heteroatoms. The van der Waals surface area contributed by atoms with E-state index < -0.39 is 0 Å². The molecular formula is C36H25BrO2. The van der Waals surface area contributed by atoms with Crippen LogP contribution in [0, 0.1) is 0 Å². The monoisotopic (exact) mass is 568 g/mol. The zero-order valence-electron chi connectivity index (χ0n) is 21.4. The maximum absolute atomic E-state index is 9.68. The summed E-state index contributed by atoms with van der Waals surface area (Å²) >= 11 is 3.71. The minimum Gasteiger partial charge on any atom is -0.497 e. The van der Waals surface area contributed by atoms with E-state index in [9.17, 15) is 5.11 Å². The highest BCUT2D eigenvalue weighted by Crippen LogP contribution is 2.57. The summed E-state index contributed by atoms with van der Waals surface area (Å²) in [5.74, 6) is 0.838. The van der Waals surface area contributed by atoms with Gasteiger partial charge in [0, 0.05) is 4.47 Å². The summed E-state index contributed by atoms with van der Waals surface area (Å²) in [7, 11) is 1.70. The Morgan fingerprint density at radius 2 is 1.23 bits per heavy atom. The fourth-order valence-electron chi connectivity index (χ4n) is 5.95. The fraction of sp³-hybridized carbons (Fsp3) is 0.0556. The maximum atomic E-state index is 9.68. The maximum Gasteiger partial charge on any atom is 0.118 e. The third-order valence-electron chi connectivity index (χ3n) is 7.73. The summed E-state index contributed by atoms with van der Waals surface area (Å²) in [4.78, 5) is 0. The molecule has 0 heterocycles. The highest BCUT2D eigenvalue weighted by atomic mass is 79.9. The van der Waals surface area contributed by atoms with E-state index in [-0.39, 0.29) is 6.61 Å². The van der Waals surface area contributed by atoms with Crippen molar-refractivity contribution < 1.29 is 9.84 Å². The van der Waals surface area contributed by atoms with E-state index >= 15 is 0 Å². The summed E-state index contributed by atoms with van der Waals surface area (Å²) in [6, 6.07) is 40.8. The molecule has 0 radical (unpaired) electrons. The predicted octanol–water partition coefficient (Wildman–Crippen LogP) is 9.75. The molecule has 6 aromatic carbocycles. The van der Waals surface area contributed by atoms with Crippen LogP contribution < -0.4 is 4.74 Å². The lowest BCUT2D eigenvalue weighted by atomic mass is 9.82. The van der Waals surface area contributed by atoms with Gasteiger partial charge in [-0.2, -0.15) is 0 Å². The molecule has 0 aliphatic heterocycles. The van der Waals surface area contributed by atoms with Crippen LogP contribution in [-0.2, 0) is 6.61 Å². The normalized spacial score (nSPS) is 11.6. The minimum atomic E-state index is 0.0306. The van der Waals surface area contributed by atoms with Crippen molar-refractivity contribution in [1.82, 2.24) is 0 Å². The Morgan fingerprint density at radius 1 is 0.590 bits per heavy atom. The van der Waals surface area contributed by atoms with Crippen LogP contribution in [0.2, 0.25) is 0 Å². The highest BCUT2D eigenvalue weighted by molar-refractivity contribution is 9.10. The van der Waals surface area contributed by atoms with Crippen LogP contribution in [0.5, 0.6) is 5.75 Å². The van der Waals surface area contributed by atoms with Crippen molar-refractivity contribution in [3.63, 3.8) is 0 Å². The molecule has 0 unspecified atom stereocenters. The Kier molecular flexibility index (Phi) is 5.84. The Bertz CT molecular complexity index is 1860. The van der Waals surface area contributed by atoms with Gasteiger partial charge in [0.15, 0.2) is 0 Å². The molecule has 0 fully saturated rings. The minimum absolute atomic E-state index is 0.0306. The largest absolute Gasteiger partial charge is 0.497 e. The Morgan fingerprint density at radius 3 is 1.90 bits per heavy atom. The number of ether oxygens (including phenoxy) is 1. The summed E-state index contributed by atoms with van der Waals surface area (Å²) in [6.07, 6.45) is 0. The highest BCUT2D eigenvalue weighted by Gasteiger charge is 2.30. The lowest BCUT2D eigenvalue weighted by Crippen LogP contribution is -1.95. The van der Waals surface area contributed by atoms with Crippen LogP contribution >= 0.6 is 15.9 Å². The number of benzene rings is 6. The number of fused-ring (bicyclic) bond motifs is 3. The van der Waals surface area contributed by atoms with Crippen LogP contribution in [0.3, 0.4) is 0 Å². The molecule has 7 rings (SSSR count). The number of aliphatic hydroxyl groups is 1. The molecule has 0 amide bonds. The van der Waals surface area contributed by atoms with Crippen molar-refractivity contribution in [1.29, 1.82) is 0 Å². The van der Waals surface area contributed by atoms with Crippen molar-refractivity contribution in [2.45, 2.75) is 6.61 Å². The quantitative estimate of drug-likeness (QED) is 0.224. The zero-order valence-corrected chi connectivity index (χ0v) is 23.0. The van der Waals surface area contributed by atoms with E-state index in [0.717, 1.165) is 32.5 Å². The first-order valence-electron chi connectivity index (χ1n) is 13.0. The number of halogens is 1. The molecule has 1 aliphatic rings. The van der Waals surface area contributed by atoms with E-state index in [1.807, 2.05) is 24.3 Å². The first kappa shape index (κ1) is 23.9. The molecule has 1 aliphatic carbocycles. The van der Waals surface area contributed by atoms with Crippen LogP contribution in [0.15, 0.2) is 120 Å². The second-order valence-corrected chi connectivity index (χ2v) is 10.8. The zero-order chi connectivity index (χ0) is 26.5. The van der Waals surface area contributed by atoms with Gasteiger partial charge in [-0.15, -0.1) is 0 Å². The first-order chi connectivity index (χ1) is 19.2. The summed E-state index contributed by atoms with van der Waals surface area (Å²) in [6.45, 7) is 0.0306. The SMILES string of the molecule is COc1ccc(-c2c(-c3cccc(Br)c3)cc(-c3ccc(CO)cc3)c3c2-c2cccc4cccc-3c24)cc1. The van der Waals surface area contributed by atoms with Gasteiger partial charge < -0.3 is 9.84 Å². The molecule has 188 valence electrons. The van der Waals surface area contributed by atoms with E-state index in [1.54, 1.807) is 7.11 Å². The van der Waals surface area contributed by atoms with Gasteiger partial charge in [-0.25, -0.2) is 0 Å². The summed E-state index contributed by atoms with van der Waals surface area (Å²) in [5.41, 5.74) is 12.9. The molecule has 6 aromatic rings. The van der Waals surface area contributed by atoms with Crippen molar-refractivity contribution in [3.05, 3.63) is 125 Å². The second-order valence-electron chi connectivity index (χ2n) is 9.90.